The van der Waals surface area contributed by atoms with Crippen molar-refractivity contribution in [1.29, 1.82) is 0 Å². The number of ether oxygens (including phenoxy) is 1. The highest BCUT2D eigenvalue weighted by molar-refractivity contribution is 5.70. The van der Waals surface area contributed by atoms with Gasteiger partial charge in [0.2, 0.25) is 0 Å². The molecule has 1 saturated carbocycles. The third kappa shape index (κ3) is 1.95. The molecule has 3 atom stereocenters. The second kappa shape index (κ2) is 3.37. The van der Waals surface area contributed by atoms with Crippen LogP contribution in [0.15, 0.2) is 0 Å². The molecule has 0 radical (unpaired) electrons. The molecule has 1 unspecified atom stereocenters. The monoisotopic (exact) mass is 213 g/mol. The average molecular weight is 213 g/mol. The molecular weight excluding hydrogens is 194 g/mol. The zero-order valence-corrected chi connectivity index (χ0v) is 9.56. The van der Waals surface area contributed by atoms with E-state index in [4.69, 9.17) is 4.74 Å². The van der Waals surface area contributed by atoms with Gasteiger partial charge in [-0.1, -0.05) is 0 Å². The predicted octanol–water partition coefficient (Wildman–Crippen LogP) is 1.38. The fourth-order valence-electron chi connectivity index (χ4n) is 2.46. The highest BCUT2D eigenvalue weighted by Gasteiger charge is 2.50. The van der Waals surface area contributed by atoms with Crippen LogP contribution in [0.2, 0.25) is 0 Å². The molecule has 1 heterocycles. The molecule has 86 valence electrons. The number of hydrogen-bond acceptors (Lipinski definition) is 3. The molecule has 2 rings (SSSR count). The van der Waals surface area contributed by atoms with Crippen LogP contribution >= 0.6 is 0 Å². The standard InChI is InChI=1S/C11H19NO3/c1-11(2,3)15-10(14)12-6-7-4-5-8(13)9(7)12/h7-9,13H,4-6H2,1-3H3/t7-,8?,9+/m1/s1. The smallest absolute Gasteiger partial charge is 0.410 e. The second-order valence-corrected chi connectivity index (χ2v) is 5.53. The first-order valence-electron chi connectivity index (χ1n) is 5.56. The number of nitrogens with zero attached hydrogens (tertiary/aromatic N) is 1. The first-order chi connectivity index (χ1) is 6.88. The van der Waals surface area contributed by atoms with Gasteiger partial charge in [-0.2, -0.15) is 0 Å². The SMILES string of the molecule is CC(C)(C)OC(=O)N1C[C@H]2CCC(O)[C@H]21. The van der Waals surface area contributed by atoms with Gasteiger partial charge >= 0.3 is 6.09 Å². The molecule has 1 amide bonds. The molecule has 2 aliphatic rings. The topological polar surface area (TPSA) is 49.8 Å². The third-order valence-electron chi connectivity index (χ3n) is 3.13. The minimum absolute atomic E-state index is 0.0137. The van der Waals surface area contributed by atoms with Gasteiger partial charge in [0.1, 0.15) is 5.60 Å². The molecule has 1 N–H and O–H groups in total. The van der Waals surface area contributed by atoms with Gasteiger partial charge in [-0.05, 0) is 39.5 Å². The van der Waals surface area contributed by atoms with E-state index in [0.717, 1.165) is 19.4 Å². The molecule has 0 bridgehead atoms. The highest BCUT2D eigenvalue weighted by Crippen LogP contribution is 2.39. The van der Waals surface area contributed by atoms with Crippen molar-refractivity contribution < 1.29 is 14.6 Å². The van der Waals surface area contributed by atoms with Gasteiger partial charge in [-0.15, -0.1) is 0 Å². The summed E-state index contributed by atoms with van der Waals surface area (Å²) in [7, 11) is 0. The molecular formula is C11H19NO3. The summed E-state index contributed by atoms with van der Waals surface area (Å²) < 4.78 is 5.27. The minimum atomic E-state index is -0.453. The Labute approximate surface area is 90.2 Å². The van der Waals surface area contributed by atoms with E-state index in [1.165, 1.54) is 0 Å². The van der Waals surface area contributed by atoms with Crippen molar-refractivity contribution in [1.82, 2.24) is 4.90 Å². The zero-order chi connectivity index (χ0) is 11.2. The van der Waals surface area contributed by atoms with Crippen molar-refractivity contribution in [3.05, 3.63) is 0 Å². The number of hydrogen-bond donors (Lipinski definition) is 1. The number of carbonyl (C=O) groups is 1. The summed E-state index contributed by atoms with van der Waals surface area (Å²) in [6.07, 6.45) is 1.21. The van der Waals surface area contributed by atoms with Gasteiger partial charge in [0.15, 0.2) is 0 Å². The summed E-state index contributed by atoms with van der Waals surface area (Å²) in [5, 5.41) is 9.69. The van der Waals surface area contributed by atoms with E-state index in [1.54, 1.807) is 4.90 Å². The van der Waals surface area contributed by atoms with Crippen molar-refractivity contribution in [2.75, 3.05) is 6.54 Å². The average Bonchev–Trinajstić information content (AvgIpc) is 2.21. The van der Waals surface area contributed by atoms with Crippen LogP contribution in [0.1, 0.15) is 33.6 Å². The van der Waals surface area contributed by atoms with Gasteiger partial charge in [0.05, 0.1) is 12.1 Å². The van der Waals surface area contributed by atoms with E-state index in [2.05, 4.69) is 0 Å². The second-order valence-electron chi connectivity index (χ2n) is 5.53. The van der Waals surface area contributed by atoms with Crippen LogP contribution in [0.3, 0.4) is 0 Å². The summed E-state index contributed by atoms with van der Waals surface area (Å²) in [5.74, 6) is 0.493. The van der Waals surface area contributed by atoms with Crippen LogP contribution in [-0.2, 0) is 4.74 Å². The number of carbonyl (C=O) groups excluding carboxylic acids is 1. The van der Waals surface area contributed by atoms with Crippen LogP contribution in [0, 0.1) is 5.92 Å². The van der Waals surface area contributed by atoms with Gasteiger partial charge in [0.25, 0.3) is 0 Å². The maximum absolute atomic E-state index is 11.7. The molecule has 1 aliphatic heterocycles. The van der Waals surface area contributed by atoms with E-state index in [0.29, 0.717) is 5.92 Å². The number of amides is 1. The van der Waals surface area contributed by atoms with Crippen molar-refractivity contribution >= 4 is 6.09 Å². The first-order valence-corrected chi connectivity index (χ1v) is 5.56. The molecule has 0 aromatic rings. The fraction of sp³-hybridized carbons (Fsp3) is 0.909. The highest BCUT2D eigenvalue weighted by atomic mass is 16.6. The summed E-state index contributed by atoms with van der Waals surface area (Å²) in [4.78, 5) is 13.4. The summed E-state index contributed by atoms with van der Waals surface area (Å²) >= 11 is 0. The molecule has 0 aromatic carbocycles. The maximum atomic E-state index is 11.7. The Kier molecular flexibility index (Phi) is 2.41. The molecule has 15 heavy (non-hydrogen) atoms. The van der Waals surface area contributed by atoms with E-state index in [9.17, 15) is 9.90 Å². The molecule has 1 saturated heterocycles. The molecule has 4 heteroatoms. The molecule has 0 spiro atoms. The number of rotatable bonds is 0. The largest absolute Gasteiger partial charge is 0.444 e. The quantitative estimate of drug-likeness (QED) is 0.661. The van der Waals surface area contributed by atoms with Gasteiger partial charge in [-0.25, -0.2) is 4.79 Å². The van der Waals surface area contributed by atoms with E-state index in [1.807, 2.05) is 20.8 Å². The number of aliphatic hydroxyl groups is 1. The maximum Gasteiger partial charge on any atom is 0.410 e. The number of fused-ring (bicyclic) bond motifs is 1. The van der Waals surface area contributed by atoms with E-state index in [-0.39, 0.29) is 18.2 Å². The minimum Gasteiger partial charge on any atom is -0.444 e. The molecule has 0 aromatic heterocycles. The van der Waals surface area contributed by atoms with Crippen LogP contribution in [0.5, 0.6) is 0 Å². The lowest BCUT2D eigenvalue weighted by atomic mass is 9.92. The summed E-state index contributed by atoms with van der Waals surface area (Å²) in [5.41, 5.74) is -0.453. The Morgan fingerprint density at radius 2 is 2.07 bits per heavy atom. The summed E-state index contributed by atoms with van der Waals surface area (Å²) in [6.45, 7) is 6.31. The Morgan fingerprint density at radius 1 is 1.40 bits per heavy atom. The summed E-state index contributed by atoms with van der Waals surface area (Å²) in [6, 6.07) is 0.0137. The van der Waals surface area contributed by atoms with Crippen LogP contribution in [-0.4, -0.2) is 40.4 Å². The Bertz CT molecular complexity index is 265. The van der Waals surface area contributed by atoms with Crippen LogP contribution in [0.4, 0.5) is 4.79 Å². The lowest BCUT2D eigenvalue weighted by Gasteiger charge is -2.45. The van der Waals surface area contributed by atoms with Gasteiger partial charge in [0, 0.05) is 6.54 Å². The van der Waals surface area contributed by atoms with Crippen LogP contribution < -0.4 is 0 Å². The van der Waals surface area contributed by atoms with Crippen molar-refractivity contribution in [3.8, 4) is 0 Å². The van der Waals surface area contributed by atoms with Crippen molar-refractivity contribution in [3.63, 3.8) is 0 Å². The Balaban J connectivity index is 1.93. The predicted molar refractivity (Wildman–Crippen MR) is 55.5 cm³/mol. The van der Waals surface area contributed by atoms with E-state index >= 15 is 0 Å². The van der Waals surface area contributed by atoms with Crippen LogP contribution in [0.25, 0.3) is 0 Å². The van der Waals surface area contributed by atoms with Gasteiger partial charge in [-0.3, -0.25) is 0 Å². The fourth-order valence-corrected chi connectivity index (χ4v) is 2.46. The molecule has 4 nitrogen and oxygen atoms in total. The first kappa shape index (κ1) is 10.7. The Morgan fingerprint density at radius 3 is 2.60 bits per heavy atom. The number of aliphatic hydroxyl groups excluding tert-OH is 1. The third-order valence-corrected chi connectivity index (χ3v) is 3.13. The lowest BCUT2D eigenvalue weighted by Crippen LogP contribution is -2.60. The molecule has 1 aliphatic carbocycles. The van der Waals surface area contributed by atoms with E-state index < -0.39 is 5.60 Å². The van der Waals surface area contributed by atoms with Crippen molar-refractivity contribution in [2.45, 2.75) is 51.4 Å². The zero-order valence-electron chi connectivity index (χ0n) is 9.56. The molecule has 2 fully saturated rings. The van der Waals surface area contributed by atoms with Gasteiger partial charge < -0.3 is 14.7 Å². The van der Waals surface area contributed by atoms with Crippen molar-refractivity contribution in [2.24, 2.45) is 5.92 Å². The lowest BCUT2D eigenvalue weighted by molar-refractivity contribution is -0.0477. The number of likely N-dealkylation sites (tertiary alicyclic amines) is 1. The Hall–Kier alpha value is -0.770. The normalized spacial score (nSPS) is 34.7.